The predicted molar refractivity (Wildman–Crippen MR) is 118 cm³/mol. The van der Waals surface area contributed by atoms with Crippen LogP contribution in [0.1, 0.15) is 17.2 Å². The molecule has 1 aliphatic rings. The zero-order valence-corrected chi connectivity index (χ0v) is 17.9. The number of rotatable bonds is 7. The molecular weight excluding hydrogens is 408 g/mol. The van der Waals surface area contributed by atoms with Gasteiger partial charge in [0.05, 0.1) is 38.6 Å². The number of β-lactam (4-membered cyclic amide) rings is 1. The monoisotopic (exact) mass is 430 g/mol. The molecule has 0 radical (unpaired) electrons. The SMILES string of the molecule is COc1cc(N2C(=O)[C@@H](Oc3ccccc3)[C@H]2c2ccc(C#N)cc2)cc(OC)c1OC. The summed E-state index contributed by atoms with van der Waals surface area (Å²) >= 11 is 0. The van der Waals surface area contributed by atoms with Crippen molar-refractivity contribution in [3.63, 3.8) is 0 Å². The summed E-state index contributed by atoms with van der Waals surface area (Å²) in [5.41, 5.74) is 1.98. The minimum absolute atomic E-state index is 0.197. The molecular formula is C25H22N2O5. The van der Waals surface area contributed by atoms with Crippen LogP contribution in [0.5, 0.6) is 23.0 Å². The molecule has 4 rings (SSSR count). The Hall–Kier alpha value is -4.18. The van der Waals surface area contributed by atoms with Crippen molar-refractivity contribution >= 4 is 11.6 Å². The Labute approximate surface area is 186 Å². The minimum Gasteiger partial charge on any atom is -0.493 e. The third-order valence-corrected chi connectivity index (χ3v) is 5.36. The first kappa shape index (κ1) is 21.1. The smallest absolute Gasteiger partial charge is 0.271 e. The van der Waals surface area contributed by atoms with Gasteiger partial charge in [0.1, 0.15) is 11.8 Å². The third kappa shape index (κ3) is 3.67. The molecule has 3 aromatic rings. The van der Waals surface area contributed by atoms with Crippen LogP contribution in [0.25, 0.3) is 0 Å². The highest BCUT2D eigenvalue weighted by Gasteiger charge is 2.51. The van der Waals surface area contributed by atoms with Gasteiger partial charge in [-0.15, -0.1) is 0 Å². The fourth-order valence-electron chi connectivity index (χ4n) is 3.80. The number of carbonyl (C=O) groups excluding carboxylic acids is 1. The van der Waals surface area contributed by atoms with E-state index in [1.807, 2.05) is 42.5 Å². The lowest BCUT2D eigenvalue weighted by Gasteiger charge is -2.46. The van der Waals surface area contributed by atoms with E-state index in [2.05, 4.69) is 6.07 Å². The van der Waals surface area contributed by atoms with Gasteiger partial charge in [0.25, 0.3) is 5.91 Å². The van der Waals surface area contributed by atoms with Gasteiger partial charge in [-0.3, -0.25) is 9.69 Å². The number of ether oxygens (including phenoxy) is 4. The van der Waals surface area contributed by atoms with Gasteiger partial charge in [0.15, 0.2) is 11.5 Å². The lowest BCUT2D eigenvalue weighted by atomic mass is 9.89. The van der Waals surface area contributed by atoms with E-state index in [0.717, 1.165) is 5.56 Å². The maximum atomic E-state index is 13.3. The molecule has 0 N–H and O–H groups in total. The molecule has 0 unspecified atom stereocenters. The molecule has 7 heteroatoms. The number of carbonyl (C=O) groups is 1. The van der Waals surface area contributed by atoms with E-state index in [9.17, 15) is 4.79 Å². The first-order valence-electron chi connectivity index (χ1n) is 9.96. The van der Waals surface area contributed by atoms with Crippen molar-refractivity contribution in [3.05, 3.63) is 77.9 Å². The summed E-state index contributed by atoms with van der Waals surface area (Å²) in [4.78, 5) is 14.9. The normalized spacial score (nSPS) is 17.2. The quantitative estimate of drug-likeness (QED) is 0.525. The molecule has 2 atom stereocenters. The van der Waals surface area contributed by atoms with Crippen LogP contribution in [0.15, 0.2) is 66.7 Å². The highest BCUT2D eigenvalue weighted by molar-refractivity contribution is 6.05. The molecule has 0 aliphatic carbocycles. The van der Waals surface area contributed by atoms with Crippen LogP contribution in [-0.2, 0) is 4.79 Å². The zero-order chi connectivity index (χ0) is 22.7. The number of hydrogen-bond donors (Lipinski definition) is 0. The molecule has 1 heterocycles. The molecule has 32 heavy (non-hydrogen) atoms. The Balaban J connectivity index is 1.76. The zero-order valence-electron chi connectivity index (χ0n) is 17.9. The highest BCUT2D eigenvalue weighted by Crippen LogP contribution is 2.47. The van der Waals surface area contributed by atoms with Crippen molar-refractivity contribution < 1.29 is 23.7 Å². The van der Waals surface area contributed by atoms with Crippen molar-refractivity contribution in [2.75, 3.05) is 26.2 Å². The van der Waals surface area contributed by atoms with E-state index in [-0.39, 0.29) is 5.91 Å². The van der Waals surface area contributed by atoms with Gasteiger partial charge in [0, 0.05) is 12.1 Å². The van der Waals surface area contributed by atoms with E-state index in [1.165, 1.54) is 21.3 Å². The van der Waals surface area contributed by atoms with Crippen molar-refractivity contribution in [1.82, 2.24) is 0 Å². The summed E-state index contributed by atoms with van der Waals surface area (Å²) in [6, 6.07) is 21.5. The maximum absolute atomic E-state index is 13.3. The van der Waals surface area contributed by atoms with E-state index >= 15 is 0 Å². The molecule has 162 valence electrons. The number of amides is 1. The average Bonchev–Trinajstić information content (AvgIpc) is 2.85. The summed E-state index contributed by atoms with van der Waals surface area (Å²) in [5, 5.41) is 9.14. The van der Waals surface area contributed by atoms with Crippen molar-refractivity contribution in [2.24, 2.45) is 0 Å². The van der Waals surface area contributed by atoms with Crippen molar-refractivity contribution in [1.29, 1.82) is 5.26 Å². The number of methoxy groups -OCH3 is 3. The van der Waals surface area contributed by atoms with Gasteiger partial charge in [0.2, 0.25) is 11.9 Å². The van der Waals surface area contributed by atoms with Crippen LogP contribution >= 0.6 is 0 Å². The second-order valence-electron chi connectivity index (χ2n) is 7.12. The van der Waals surface area contributed by atoms with Gasteiger partial charge < -0.3 is 18.9 Å². The van der Waals surface area contributed by atoms with Gasteiger partial charge in [-0.25, -0.2) is 0 Å². The van der Waals surface area contributed by atoms with Crippen LogP contribution in [0.3, 0.4) is 0 Å². The summed E-state index contributed by atoms with van der Waals surface area (Å²) in [5.74, 6) is 1.74. The molecule has 0 saturated carbocycles. The fourth-order valence-corrected chi connectivity index (χ4v) is 3.80. The van der Waals surface area contributed by atoms with Crippen molar-refractivity contribution in [3.8, 4) is 29.1 Å². The third-order valence-electron chi connectivity index (χ3n) is 5.36. The molecule has 1 aliphatic heterocycles. The molecule has 1 saturated heterocycles. The lowest BCUT2D eigenvalue weighted by Crippen LogP contribution is -2.61. The first-order chi connectivity index (χ1) is 15.6. The van der Waals surface area contributed by atoms with Crippen LogP contribution in [0.4, 0.5) is 5.69 Å². The molecule has 0 aromatic heterocycles. The largest absolute Gasteiger partial charge is 0.493 e. The molecule has 0 spiro atoms. The van der Waals surface area contributed by atoms with Gasteiger partial charge in [-0.2, -0.15) is 5.26 Å². The van der Waals surface area contributed by atoms with Crippen LogP contribution in [-0.4, -0.2) is 33.3 Å². The van der Waals surface area contributed by atoms with Gasteiger partial charge in [-0.1, -0.05) is 30.3 Å². The molecule has 0 bridgehead atoms. The van der Waals surface area contributed by atoms with E-state index < -0.39 is 12.1 Å². The molecule has 1 fully saturated rings. The van der Waals surface area contributed by atoms with Crippen molar-refractivity contribution in [2.45, 2.75) is 12.1 Å². The van der Waals surface area contributed by atoms with E-state index in [4.69, 9.17) is 24.2 Å². The predicted octanol–water partition coefficient (Wildman–Crippen LogP) is 4.12. The lowest BCUT2D eigenvalue weighted by molar-refractivity contribution is -0.135. The van der Waals surface area contributed by atoms with E-state index in [0.29, 0.717) is 34.2 Å². The van der Waals surface area contributed by atoms with Crippen LogP contribution in [0, 0.1) is 11.3 Å². The van der Waals surface area contributed by atoms with Crippen LogP contribution < -0.4 is 23.8 Å². The Morgan fingerprint density at radius 2 is 1.50 bits per heavy atom. The molecule has 1 amide bonds. The Bertz CT molecular complexity index is 1130. The fraction of sp³-hybridized carbons (Fsp3) is 0.200. The summed E-state index contributed by atoms with van der Waals surface area (Å²) in [6.45, 7) is 0. The maximum Gasteiger partial charge on any atom is 0.271 e. The minimum atomic E-state index is -0.718. The summed E-state index contributed by atoms with van der Waals surface area (Å²) < 4.78 is 22.4. The van der Waals surface area contributed by atoms with Gasteiger partial charge >= 0.3 is 0 Å². The topological polar surface area (TPSA) is 81.0 Å². The number of para-hydroxylation sites is 1. The Kier molecular flexibility index (Phi) is 5.86. The standard InChI is InChI=1S/C25H22N2O5/c1-29-20-13-18(14-21(30-2)23(20)31-3)27-22(17-11-9-16(15-26)10-12-17)24(25(27)28)32-19-7-5-4-6-8-19/h4-14,22,24H,1-3H3/t22-,24+/m1/s1. The van der Waals surface area contributed by atoms with Crippen LogP contribution in [0.2, 0.25) is 0 Å². The number of benzene rings is 3. The molecule has 3 aromatic carbocycles. The highest BCUT2D eigenvalue weighted by atomic mass is 16.5. The first-order valence-corrected chi connectivity index (χ1v) is 9.96. The summed E-state index contributed by atoms with van der Waals surface area (Å²) in [6.07, 6.45) is -0.718. The van der Waals surface area contributed by atoms with E-state index in [1.54, 1.807) is 29.2 Å². The van der Waals surface area contributed by atoms with Gasteiger partial charge in [-0.05, 0) is 29.8 Å². The number of nitrogens with zero attached hydrogens (tertiary/aromatic N) is 2. The second kappa shape index (κ2) is 8.90. The Morgan fingerprint density at radius 1 is 0.875 bits per heavy atom. The average molecular weight is 430 g/mol. The number of nitriles is 1. The summed E-state index contributed by atoms with van der Waals surface area (Å²) in [7, 11) is 4.58. The number of anilines is 1. The molecule has 7 nitrogen and oxygen atoms in total. The second-order valence-corrected chi connectivity index (χ2v) is 7.12. The Morgan fingerprint density at radius 3 is 2.03 bits per heavy atom. The number of hydrogen-bond acceptors (Lipinski definition) is 6.